The number of methoxy groups -OCH3 is 2. The molecular formula is C24H25N3O5. The maximum atomic E-state index is 12.5. The second-order valence-corrected chi connectivity index (χ2v) is 6.61. The van der Waals surface area contributed by atoms with Gasteiger partial charge in [0, 0.05) is 23.4 Å². The molecule has 0 aliphatic rings. The molecule has 0 fully saturated rings. The van der Waals surface area contributed by atoms with Crippen molar-refractivity contribution in [3.8, 4) is 17.2 Å². The van der Waals surface area contributed by atoms with Gasteiger partial charge < -0.3 is 30.2 Å². The second kappa shape index (κ2) is 10.7. The van der Waals surface area contributed by atoms with E-state index in [1.807, 2.05) is 13.0 Å². The quantitative estimate of drug-likeness (QED) is 0.463. The van der Waals surface area contributed by atoms with Crippen molar-refractivity contribution in [3.05, 3.63) is 72.3 Å². The molecule has 0 aliphatic carbocycles. The lowest BCUT2D eigenvalue weighted by molar-refractivity contribution is 0.102. The van der Waals surface area contributed by atoms with Crippen molar-refractivity contribution in [1.29, 1.82) is 0 Å². The second-order valence-electron chi connectivity index (χ2n) is 6.61. The Morgan fingerprint density at radius 2 is 1.38 bits per heavy atom. The van der Waals surface area contributed by atoms with Crippen molar-refractivity contribution in [3.63, 3.8) is 0 Å². The van der Waals surface area contributed by atoms with Gasteiger partial charge in [0.2, 0.25) is 0 Å². The summed E-state index contributed by atoms with van der Waals surface area (Å²) in [5, 5.41) is 8.29. The van der Waals surface area contributed by atoms with Crippen molar-refractivity contribution in [2.45, 2.75) is 6.92 Å². The number of hydrogen-bond acceptors (Lipinski definition) is 5. The number of urea groups is 1. The molecule has 0 spiro atoms. The van der Waals surface area contributed by atoms with Crippen molar-refractivity contribution in [1.82, 2.24) is 0 Å². The first kappa shape index (κ1) is 22.5. The van der Waals surface area contributed by atoms with Gasteiger partial charge >= 0.3 is 6.03 Å². The highest BCUT2D eigenvalue weighted by Gasteiger charge is 2.16. The first-order chi connectivity index (χ1) is 15.5. The summed E-state index contributed by atoms with van der Waals surface area (Å²) in [6.07, 6.45) is 0. The Morgan fingerprint density at radius 3 is 1.94 bits per heavy atom. The predicted molar refractivity (Wildman–Crippen MR) is 124 cm³/mol. The van der Waals surface area contributed by atoms with Crippen LogP contribution in [0.2, 0.25) is 0 Å². The van der Waals surface area contributed by atoms with Crippen molar-refractivity contribution in [2.24, 2.45) is 0 Å². The first-order valence-corrected chi connectivity index (χ1v) is 9.97. The lowest BCUT2D eigenvalue weighted by atomic mass is 10.2. The maximum Gasteiger partial charge on any atom is 0.323 e. The van der Waals surface area contributed by atoms with Gasteiger partial charge in [-0.25, -0.2) is 4.79 Å². The van der Waals surface area contributed by atoms with Crippen LogP contribution >= 0.6 is 0 Å². The molecule has 0 saturated carbocycles. The van der Waals surface area contributed by atoms with E-state index in [0.29, 0.717) is 40.7 Å². The standard InChI is InChI=1S/C24H25N3O5/c1-4-32-18-12-10-17(11-13-18)25-24(29)27-20-15-21(30-2)19(14-22(20)31-3)26-23(28)16-8-6-5-7-9-16/h5-15H,4H2,1-3H3,(H,26,28)(H2,25,27,29). The van der Waals surface area contributed by atoms with Crippen molar-refractivity contribution in [2.75, 3.05) is 36.8 Å². The van der Waals surface area contributed by atoms with Crippen LogP contribution in [-0.4, -0.2) is 32.8 Å². The molecule has 8 heteroatoms. The smallest absolute Gasteiger partial charge is 0.323 e. The minimum absolute atomic E-state index is 0.292. The third-order valence-electron chi connectivity index (χ3n) is 4.48. The SMILES string of the molecule is CCOc1ccc(NC(=O)Nc2cc(OC)c(NC(=O)c3ccccc3)cc2OC)cc1. The topological polar surface area (TPSA) is 97.9 Å². The van der Waals surface area contributed by atoms with E-state index in [1.165, 1.54) is 14.2 Å². The molecule has 3 amide bonds. The Hall–Kier alpha value is -4.20. The fourth-order valence-electron chi connectivity index (χ4n) is 2.96. The predicted octanol–water partition coefficient (Wildman–Crippen LogP) is 5.00. The Morgan fingerprint density at radius 1 is 0.781 bits per heavy atom. The van der Waals surface area contributed by atoms with Crippen LogP contribution in [0.5, 0.6) is 17.2 Å². The lowest BCUT2D eigenvalue weighted by Gasteiger charge is -2.16. The molecule has 0 bridgehead atoms. The number of carbonyl (C=O) groups is 2. The highest BCUT2D eigenvalue weighted by Crippen LogP contribution is 2.36. The van der Waals surface area contributed by atoms with Crippen molar-refractivity contribution < 1.29 is 23.8 Å². The summed E-state index contributed by atoms with van der Waals surface area (Å²) in [6.45, 7) is 2.47. The van der Waals surface area contributed by atoms with Crippen LogP contribution in [0.1, 0.15) is 17.3 Å². The molecule has 32 heavy (non-hydrogen) atoms. The van der Waals surface area contributed by atoms with Crippen molar-refractivity contribution >= 4 is 29.0 Å². The van der Waals surface area contributed by atoms with E-state index >= 15 is 0 Å². The number of rotatable bonds is 8. The van der Waals surface area contributed by atoms with Gasteiger partial charge in [-0.15, -0.1) is 0 Å². The molecule has 166 valence electrons. The molecule has 0 atom stereocenters. The normalized spacial score (nSPS) is 10.1. The van der Waals surface area contributed by atoms with Crippen LogP contribution in [0.15, 0.2) is 66.7 Å². The molecule has 0 heterocycles. The summed E-state index contributed by atoms with van der Waals surface area (Å²) in [5.41, 5.74) is 1.90. The minimum atomic E-state index is -0.462. The number of carbonyl (C=O) groups excluding carboxylic acids is 2. The van der Waals surface area contributed by atoms with Crippen LogP contribution in [0.4, 0.5) is 21.9 Å². The Bertz CT molecular complexity index is 1070. The summed E-state index contributed by atoms with van der Waals surface area (Å²) in [5.74, 6) is 1.15. The van der Waals surface area contributed by atoms with Gasteiger partial charge in [-0.2, -0.15) is 0 Å². The van der Waals surface area contributed by atoms with Gasteiger partial charge in [0.25, 0.3) is 5.91 Å². The van der Waals surface area contributed by atoms with Gasteiger partial charge in [-0.1, -0.05) is 18.2 Å². The first-order valence-electron chi connectivity index (χ1n) is 9.97. The highest BCUT2D eigenvalue weighted by molar-refractivity contribution is 6.06. The molecule has 0 aromatic heterocycles. The summed E-state index contributed by atoms with van der Waals surface area (Å²) >= 11 is 0. The van der Waals surface area contributed by atoms with Gasteiger partial charge in [0.15, 0.2) is 0 Å². The van der Waals surface area contributed by atoms with Crippen LogP contribution in [0, 0.1) is 0 Å². The molecule has 3 aromatic carbocycles. The Balaban J connectivity index is 1.75. The molecule has 3 N–H and O–H groups in total. The van der Waals surface area contributed by atoms with E-state index in [1.54, 1.807) is 60.7 Å². The molecule has 8 nitrogen and oxygen atoms in total. The number of anilines is 3. The van der Waals surface area contributed by atoms with E-state index in [4.69, 9.17) is 14.2 Å². The largest absolute Gasteiger partial charge is 0.494 e. The Labute approximate surface area is 186 Å². The Kier molecular flexibility index (Phi) is 7.53. The molecular weight excluding hydrogens is 410 g/mol. The number of hydrogen-bond donors (Lipinski definition) is 3. The highest BCUT2D eigenvalue weighted by atomic mass is 16.5. The minimum Gasteiger partial charge on any atom is -0.494 e. The van der Waals surface area contributed by atoms with Crippen LogP contribution in [0.3, 0.4) is 0 Å². The average molecular weight is 435 g/mol. The summed E-state index contributed by atoms with van der Waals surface area (Å²) in [4.78, 5) is 25.0. The third-order valence-corrected chi connectivity index (χ3v) is 4.48. The van der Waals surface area contributed by atoms with E-state index in [-0.39, 0.29) is 5.91 Å². The molecule has 0 aliphatic heterocycles. The number of benzene rings is 3. The third kappa shape index (κ3) is 5.69. The summed E-state index contributed by atoms with van der Waals surface area (Å²) in [7, 11) is 2.95. The molecule has 0 unspecified atom stereocenters. The van der Waals surface area contributed by atoms with Gasteiger partial charge in [-0.3, -0.25) is 4.79 Å². The summed E-state index contributed by atoms with van der Waals surface area (Å²) < 4.78 is 16.2. The van der Waals surface area contributed by atoms with Crippen LogP contribution in [-0.2, 0) is 0 Å². The zero-order chi connectivity index (χ0) is 22.9. The zero-order valence-electron chi connectivity index (χ0n) is 18.1. The summed E-state index contributed by atoms with van der Waals surface area (Å²) in [6, 6.07) is 18.5. The fraction of sp³-hybridized carbons (Fsp3) is 0.167. The van der Waals surface area contributed by atoms with Crippen LogP contribution < -0.4 is 30.2 Å². The van der Waals surface area contributed by atoms with Crippen LogP contribution in [0.25, 0.3) is 0 Å². The van der Waals surface area contributed by atoms with Gasteiger partial charge in [0.05, 0.1) is 32.2 Å². The van der Waals surface area contributed by atoms with E-state index in [9.17, 15) is 9.59 Å². The molecule has 0 radical (unpaired) electrons. The van der Waals surface area contributed by atoms with Gasteiger partial charge in [0.1, 0.15) is 17.2 Å². The van der Waals surface area contributed by atoms with E-state index < -0.39 is 6.03 Å². The monoisotopic (exact) mass is 435 g/mol. The number of amides is 3. The fourth-order valence-corrected chi connectivity index (χ4v) is 2.96. The average Bonchev–Trinajstić information content (AvgIpc) is 2.81. The lowest BCUT2D eigenvalue weighted by Crippen LogP contribution is -2.20. The molecule has 3 aromatic rings. The molecule has 0 saturated heterocycles. The van der Waals surface area contributed by atoms with E-state index in [2.05, 4.69) is 16.0 Å². The zero-order valence-corrected chi connectivity index (χ0v) is 18.1. The molecule has 3 rings (SSSR count). The van der Waals surface area contributed by atoms with Gasteiger partial charge in [-0.05, 0) is 43.3 Å². The number of nitrogens with one attached hydrogen (secondary N) is 3. The van der Waals surface area contributed by atoms with E-state index in [0.717, 1.165) is 5.75 Å². The maximum absolute atomic E-state index is 12.5. The number of ether oxygens (including phenoxy) is 3.